The maximum Gasteiger partial charge on any atom is 0.0252 e. The molecule has 0 unspecified atom stereocenters. The Balaban J connectivity index is 2.49. The first-order chi connectivity index (χ1) is 8.86. The van der Waals surface area contributed by atoms with Crippen molar-refractivity contribution in [2.24, 2.45) is 5.73 Å². The fraction of sp³-hybridized carbons (Fsp3) is 0.294. The highest BCUT2D eigenvalue weighted by Crippen LogP contribution is 2.02. The first kappa shape index (κ1) is 14.1. The van der Waals surface area contributed by atoms with Gasteiger partial charge in [-0.2, -0.15) is 0 Å². The van der Waals surface area contributed by atoms with E-state index in [0.717, 1.165) is 17.5 Å². The van der Waals surface area contributed by atoms with Gasteiger partial charge >= 0.3 is 0 Å². The average molecular weight is 237 g/mol. The highest BCUT2D eigenvalue weighted by Gasteiger charge is 1.89. The van der Waals surface area contributed by atoms with Gasteiger partial charge in [0.15, 0.2) is 0 Å². The van der Waals surface area contributed by atoms with Crippen LogP contribution < -0.4 is 5.73 Å². The molecule has 1 rings (SSSR count). The van der Waals surface area contributed by atoms with Crippen LogP contribution in [-0.4, -0.2) is 0 Å². The minimum absolute atomic E-state index is 0.550. The summed E-state index contributed by atoms with van der Waals surface area (Å²) in [5.41, 5.74) is 7.66. The summed E-state index contributed by atoms with van der Waals surface area (Å²) >= 11 is 0. The molecule has 0 aliphatic heterocycles. The molecule has 0 fully saturated rings. The Morgan fingerprint density at radius 3 is 2.83 bits per heavy atom. The van der Waals surface area contributed by atoms with Gasteiger partial charge in [0, 0.05) is 18.5 Å². The number of benzene rings is 1. The van der Waals surface area contributed by atoms with Crippen LogP contribution in [0.15, 0.2) is 36.4 Å². The van der Waals surface area contributed by atoms with Crippen molar-refractivity contribution in [2.75, 3.05) is 0 Å². The fourth-order valence-electron chi connectivity index (χ4n) is 1.38. The Labute approximate surface area is 110 Å². The molecule has 0 aliphatic rings. The lowest BCUT2D eigenvalue weighted by Gasteiger charge is -1.95. The summed E-state index contributed by atoms with van der Waals surface area (Å²) in [4.78, 5) is 0. The first-order valence-corrected chi connectivity index (χ1v) is 6.30. The number of unbranched alkanes of at least 4 members (excludes halogenated alkanes) is 2. The van der Waals surface area contributed by atoms with Gasteiger partial charge in [0.1, 0.15) is 0 Å². The Morgan fingerprint density at radius 2 is 2.06 bits per heavy atom. The van der Waals surface area contributed by atoms with Crippen molar-refractivity contribution in [3.05, 3.63) is 47.5 Å². The van der Waals surface area contributed by atoms with Crippen LogP contribution in [0.5, 0.6) is 0 Å². The van der Waals surface area contributed by atoms with Crippen LogP contribution in [0.1, 0.15) is 37.3 Å². The van der Waals surface area contributed by atoms with Crippen LogP contribution in [0.25, 0.3) is 0 Å². The molecular weight excluding hydrogens is 218 g/mol. The largest absolute Gasteiger partial charge is 0.326 e. The molecular formula is C17H19N. The van der Waals surface area contributed by atoms with E-state index in [0.29, 0.717) is 6.54 Å². The van der Waals surface area contributed by atoms with Crippen LogP contribution in [0.4, 0.5) is 0 Å². The number of hydrogen-bond acceptors (Lipinski definition) is 1. The van der Waals surface area contributed by atoms with E-state index < -0.39 is 0 Å². The van der Waals surface area contributed by atoms with Crippen molar-refractivity contribution < 1.29 is 0 Å². The molecule has 0 atom stereocenters. The molecule has 0 aromatic heterocycles. The lowest BCUT2D eigenvalue weighted by Crippen LogP contribution is -1.95. The molecule has 0 aliphatic carbocycles. The molecule has 0 saturated carbocycles. The monoisotopic (exact) mass is 237 g/mol. The van der Waals surface area contributed by atoms with E-state index in [1.807, 2.05) is 24.3 Å². The normalized spacial score (nSPS) is 9.44. The zero-order chi connectivity index (χ0) is 13.1. The summed E-state index contributed by atoms with van der Waals surface area (Å²) in [5.74, 6) is 12.1. The third-order valence-electron chi connectivity index (χ3n) is 2.39. The molecule has 0 heterocycles. The average Bonchev–Trinajstić information content (AvgIpc) is 2.42. The van der Waals surface area contributed by atoms with Gasteiger partial charge in [0.2, 0.25) is 0 Å². The summed E-state index contributed by atoms with van der Waals surface area (Å²) in [7, 11) is 0. The van der Waals surface area contributed by atoms with Gasteiger partial charge in [-0.3, -0.25) is 0 Å². The smallest absolute Gasteiger partial charge is 0.0252 e. The van der Waals surface area contributed by atoms with E-state index in [-0.39, 0.29) is 0 Å². The molecule has 0 radical (unpaired) electrons. The minimum Gasteiger partial charge on any atom is -0.326 e. The van der Waals surface area contributed by atoms with Gasteiger partial charge in [-0.25, -0.2) is 0 Å². The summed E-state index contributed by atoms with van der Waals surface area (Å²) in [6.45, 7) is 2.71. The maximum atomic E-state index is 5.57. The SMILES string of the molecule is CCCCC#CC=CC#Cc1cccc(CN)c1. The lowest BCUT2D eigenvalue weighted by molar-refractivity contribution is 0.828. The van der Waals surface area contributed by atoms with Crippen molar-refractivity contribution in [3.8, 4) is 23.7 Å². The second kappa shape index (κ2) is 9.11. The van der Waals surface area contributed by atoms with E-state index in [1.165, 1.54) is 12.8 Å². The number of hydrogen-bond donors (Lipinski definition) is 1. The van der Waals surface area contributed by atoms with Crippen molar-refractivity contribution in [2.45, 2.75) is 32.7 Å². The minimum atomic E-state index is 0.550. The summed E-state index contributed by atoms with van der Waals surface area (Å²) < 4.78 is 0. The second-order valence-electron chi connectivity index (χ2n) is 3.93. The predicted molar refractivity (Wildman–Crippen MR) is 77.7 cm³/mol. The van der Waals surface area contributed by atoms with Crippen LogP contribution >= 0.6 is 0 Å². The Kier molecular flexibility index (Phi) is 7.14. The molecule has 0 amide bonds. The summed E-state index contributed by atoms with van der Waals surface area (Å²) in [6, 6.07) is 7.96. The van der Waals surface area contributed by atoms with Gasteiger partial charge < -0.3 is 5.73 Å². The van der Waals surface area contributed by atoms with E-state index in [2.05, 4.69) is 30.6 Å². The standard InChI is InChI=1S/C17H19N/c1-2-3-4-5-6-7-8-9-11-16-12-10-13-17(14-16)15-18/h7-8,10,12-14H,2-4,15,18H2,1H3. The molecule has 92 valence electrons. The van der Waals surface area contributed by atoms with Gasteiger partial charge in [-0.1, -0.05) is 49.2 Å². The van der Waals surface area contributed by atoms with Crippen LogP contribution in [0, 0.1) is 23.7 Å². The van der Waals surface area contributed by atoms with Crippen LogP contribution in [0.3, 0.4) is 0 Å². The van der Waals surface area contributed by atoms with Crippen molar-refractivity contribution in [3.63, 3.8) is 0 Å². The Bertz CT molecular complexity index is 504. The van der Waals surface area contributed by atoms with Crippen LogP contribution in [0.2, 0.25) is 0 Å². The van der Waals surface area contributed by atoms with Gasteiger partial charge in [-0.05, 0) is 36.3 Å². The number of rotatable bonds is 3. The molecule has 2 N–H and O–H groups in total. The molecule has 1 heteroatoms. The Hall–Kier alpha value is -1.96. The summed E-state index contributed by atoms with van der Waals surface area (Å²) in [6.07, 6.45) is 6.91. The van der Waals surface area contributed by atoms with E-state index in [9.17, 15) is 0 Å². The zero-order valence-corrected chi connectivity index (χ0v) is 10.9. The molecule has 1 aromatic carbocycles. The quantitative estimate of drug-likeness (QED) is 0.634. The number of nitrogens with two attached hydrogens (primary N) is 1. The van der Waals surface area contributed by atoms with E-state index in [1.54, 1.807) is 12.2 Å². The predicted octanol–water partition coefficient (Wildman–Crippen LogP) is 3.25. The van der Waals surface area contributed by atoms with Crippen LogP contribution in [-0.2, 0) is 6.54 Å². The van der Waals surface area contributed by atoms with Crippen molar-refractivity contribution in [1.29, 1.82) is 0 Å². The molecule has 0 spiro atoms. The maximum absolute atomic E-state index is 5.57. The second-order valence-corrected chi connectivity index (χ2v) is 3.93. The highest BCUT2D eigenvalue weighted by molar-refractivity contribution is 5.40. The molecule has 18 heavy (non-hydrogen) atoms. The van der Waals surface area contributed by atoms with Crippen molar-refractivity contribution in [1.82, 2.24) is 0 Å². The zero-order valence-electron chi connectivity index (χ0n) is 10.9. The van der Waals surface area contributed by atoms with Gasteiger partial charge in [0.05, 0.1) is 0 Å². The van der Waals surface area contributed by atoms with E-state index >= 15 is 0 Å². The first-order valence-electron chi connectivity index (χ1n) is 6.30. The highest BCUT2D eigenvalue weighted by atomic mass is 14.5. The third-order valence-corrected chi connectivity index (χ3v) is 2.39. The third kappa shape index (κ3) is 5.94. The van der Waals surface area contributed by atoms with Crippen molar-refractivity contribution >= 4 is 0 Å². The van der Waals surface area contributed by atoms with Gasteiger partial charge in [0.25, 0.3) is 0 Å². The Morgan fingerprint density at radius 1 is 1.22 bits per heavy atom. The summed E-state index contributed by atoms with van der Waals surface area (Å²) in [5, 5.41) is 0. The topological polar surface area (TPSA) is 26.0 Å². The molecule has 1 nitrogen and oxygen atoms in total. The molecule has 0 bridgehead atoms. The van der Waals surface area contributed by atoms with E-state index in [4.69, 9.17) is 5.73 Å². The lowest BCUT2D eigenvalue weighted by atomic mass is 10.1. The molecule has 0 saturated heterocycles. The molecule has 1 aromatic rings. The number of allylic oxidation sites excluding steroid dienone is 2. The fourth-order valence-corrected chi connectivity index (χ4v) is 1.38. The van der Waals surface area contributed by atoms with Gasteiger partial charge in [-0.15, -0.1) is 0 Å².